The molecule has 3 aromatic carbocycles. The van der Waals surface area contributed by atoms with E-state index in [1.54, 1.807) is 30.3 Å². The van der Waals surface area contributed by atoms with E-state index in [0.29, 0.717) is 23.5 Å². The molecule has 0 atom stereocenters. The van der Waals surface area contributed by atoms with Crippen LogP contribution in [0, 0.1) is 6.92 Å². The lowest BCUT2D eigenvalue weighted by Crippen LogP contribution is -2.21. The van der Waals surface area contributed by atoms with Gasteiger partial charge in [0, 0.05) is 22.6 Å². The van der Waals surface area contributed by atoms with E-state index in [1.807, 2.05) is 49.4 Å². The molecule has 0 radical (unpaired) electrons. The second-order valence-electron chi connectivity index (χ2n) is 7.53. The summed E-state index contributed by atoms with van der Waals surface area (Å²) in [5.74, 6) is 0.490. The van der Waals surface area contributed by atoms with Crippen molar-refractivity contribution in [2.45, 2.75) is 26.7 Å². The molecule has 3 rings (SSSR count). The Kier molecular flexibility index (Phi) is 8.26. The molecule has 0 aliphatic rings. The highest BCUT2D eigenvalue weighted by Crippen LogP contribution is 2.17. The van der Waals surface area contributed by atoms with Gasteiger partial charge in [-0.2, -0.15) is 0 Å². The van der Waals surface area contributed by atoms with Crippen molar-refractivity contribution in [2.75, 3.05) is 29.1 Å². The number of amides is 2. The predicted molar refractivity (Wildman–Crippen MR) is 130 cm³/mol. The Morgan fingerprint density at radius 2 is 1.50 bits per heavy atom. The maximum atomic E-state index is 12.3. The smallest absolute Gasteiger partial charge is 0.255 e. The lowest BCUT2D eigenvalue weighted by molar-refractivity contribution is -0.114. The standard InChI is InChI=1S/C26H29N3O3/c1-3-4-16-32-24-14-12-21(13-15-24)27-18-25(30)28-22-8-10-23(11-9-22)29-26(31)20-7-5-6-19(2)17-20/h5-15,17,27H,3-4,16,18H2,1-2H3,(H,28,30)(H,29,31). The summed E-state index contributed by atoms with van der Waals surface area (Å²) >= 11 is 0. The lowest BCUT2D eigenvalue weighted by Gasteiger charge is -2.10. The Morgan fingerprint density at radius 3 is 2.16 bits per heavy atom. The summed E-state index contributed by atoms with van der Waals surface area (Å²) in [5, 5.41) is 8.79. The van der Waals surface area contributed by atoms with Crippen LogP contribution >= 0.6 is 0 Å². The molecule has 0 aliphatic heterocycles. The average Bonchev–Trinajstić information content (AvgIpc) is 2.80. The number of benzene rings is 3. The summed E-state index contributed by atoms with van der Waals surface area (Å²) < 4.78 is 5.64. The van der Waals surface area contributed by atoms with Crippen molar-refractivity contribution in [3.63, 3.8) is 0 Å². The Morgan fingerprint density at radius 1 is 0.844 bits per heavy atom. The van der Waals surface area contributed by atoms with Crippen molar-refractivity contribution in [1.29, 1.82) is 0 Å². The van der Waals surface area contributed by atoms with Crippen LogP contribution in [0.15, 0.2) is 72.8 Å². The third-order valence-corrected chi connectivity index (χ3v) is 4.78. The van der Waals surface area contributed by atoms with Crippen molar-refractivity contribution in [2.24, 2.45) is 0 Å². The van der Waals surface area contributed by atoms with Gasteiger partial charge in [0.25, 0.3) is 5.91 Å². The SMILES string of the molecule is CCCCOc1ccc(NCC(=O)Nc2ccc(NC(=O)c3cccc(C)c3)cc2)cc1. The van der Waals surface area contributed by atoms with E-state index in [9.17, 15) is 9.59 Å². The van der Waals surface area contributed by atoms with Crippen molar-refractivity contribution < 1.29 is 14.3 Å². The quantitative estimate of drug-likeness (QED) is 0.372. The van der Waals surface area contributed by atoms with Gasteiger partial charge >= 0.3 is 0 Å². The number of carbonyl (C=O) groups is 2. The van der Waals surface area contributed by atoms with Crippen LogP contribution in [0.1, 0.15) is 35.7 Å². The van der Waals surface area contributed by atoms with Gasteiger partial charge in [0.1, 0.15) is 5.75 Å². The summed E-state index contributed by atoms with van der Waals surface area (Å²) in [5.41, 5.74) is 3.80. The van der Waals surface area contributed by atoms with Gasteiger partial charge in [0.15, 0.2) is 0 Å². The second-order valence-corrected chi connectivity index (χ2v) is 7.53. The predicted octanol–water partition coefficient (Wildman–Crippen LogP) is 5.48. The zero-order valence-electron chi connectivity index (χ0n) is 18.5. The molecule has 0 saturated carbocycles. The zero-order chi connectivity index (χ0) is 22.8. The van der Waals surface area contributed by atoms with E-state index < -0.39 is 0 Å². The Balaban J connectivity index is 1.44. The van der Waals surface area contributed by atoms with Gasteiger partial charge in [-0.1, -0.05) is 31.0 Å². The molecule has 6 nitrogen and oxygen atoms in total. The molecule has 0 bridgehead atoms. The maximum absolute atomic E-state index is 12.3. The fraction of sp³-hybridized carbons (Fsp3) is 0.231. The third-order valence-electron chi connectivity index (χ3n) is 4.78. The normalized spacial score (nSPS) is 10.3. The van der Waals surface area contributed by atoms with Gasteiger partial charge in [-0.25, -0.2) is 0 Å². The fourth-order valence-electron chi connectivity index (χ4n) is 3.02. The summed E-state index contributed by atoms with van der Waals surface area (Å²) in [6, 6.07) is 22.0. The lowest BCUT2D eigenvalue weighted by atomic mass is 10.1. The van der Waals surface area contributed by atoms with Crippen molar-refractivity contribution in [3.05, 3.63) is 83.9 Å². The number of aryl methyl sites for hydroxylation is 1. The molecule has 0 spiro atoms. The monoisotopic (exact) mass is 431 g/mol. The molecule has 32 heavy (non-hydrogen) atoms. The van der Waals surface area contributed by atoms with E-state index in [4.69, 9.17) is 4.74 Å². The van der Waals surface area contributed by atoms with E-state index >= 15 is 0 Å². The first-order chi connectivity index (χ1) is 15.5. The number of nitrogens with one attached hydrogen (secondary N) is 3. The van der Waals surface area contributed by atoms with Crippen LogP contribution in [0.4, 0.5) is 17.1 Å². The molecule has 0 heterocycles. The third kappa shape index (κ3) is 7.16. The van der Waals surface area contributed by atoms with Gasteiger partial charge in [-0.3, -0.25) is 9.59 Å². The summed E-state index contributed by atoms with van der Waals surface area (Å²) in [7, 11) is 0. The molecule has 166 valence electrons. The topological polar surface area (TPSA) is 79.5 Å². The maximum Gasteiger partial charge on any atom is 0.255 e. The largest absolute Gasteiger partial charge is 0.494 e. The van der Waals surface area contributed by atoms with Crippen molar-refractivity contribution >= 4 is 28.9 Å². The van der Waals surface area contributed by atoms with Crippen LogP contribution in [0.25, 0.3) is 0 Å². The summed E-state index contributed by atoms with van der Waals surface area (Å²) in [6.45, 7) is 4.92. The van der Waals surface area contributed by atoms with E-state index in [0.717, 1.165) is 29.8 Å². The number of ether oxygens (including phenoxy) is 1. The average molecular weight is 432 g/mol. The molecule has 3 N–H and O–H groups in total. The Bertz CT molecular complexity index is 1030. The second kappa shape index (κ2) is 11.6. The highest BCUT2D eigenvalue weighted by molar-refractivity contribution is 6.04. The van der Waals surface area contributed by atoms with Crippen LogP contribution in [-0.2, 0) is 4.79 Å². The molecule has 2 amide bonds. The van der Waals surface area contributed by atoms with E-state index in [1.165, 1.54) is 0 Å². The highest BCUT2D eigenvalue weighted by atomic mass is 16.5. The molecule has 3 aromatic rings. The summed E-state index contributed by atoms with van der Waals surface area (Å²) in [6.07, 6.45) is 2.12. The minimum Gasteiger partial charge on any atom is -0.494 e. The van der Waals surface area contributed by atoms with Gasteiger partial charge in [-0.05, 0) is 74.0 Å². The Labute approximate surface area is 189 Å². The molecular weight excluding hydrogens is 402 g/mol. The summed E-state index contributed by atoms with van der Waals surface area (Å²) in [4.78, 5) is 24.6. The molecule has 6 heteroatoms. The zero-order valence-corrected chi connectivity index (χ0v) is 18.5. The number of carbonyl (C=O) groups excluding carboxylic acids is 2. The van der Waals surface area contributed by atoms with E-state index in [2.05, 4.69) is 22.9 Å². The number of anilines is 3. The van der Waals surface area contributed by atoms with Crippen LogP contribution in [-0.4, -0.2) is 25.0 Å². The van der Waals surface area contributed by atoms with Crippen LogP contribution in [0.5, 0.6) is 5.75 Å². The number of hydrogen-bond acceptors (Lipinski definition) is 4. The number of hydrogen-bond donors (Lipinski definition) is 3. The van der Waals surface area contributed by atoms with Gasteiger partial charge < -0.3 is 20.7 Å². The minimum absolute atomic E-state index is 0.141. The van der Waals surface area contributed by atoms with Crippen LogP contribution < -0.4 is 20.7 Å². The molecular formula is C26H29N3O3. The van der Waals surface area contributed by atoms with Crippen molar-refractivity contribution in [1.82, 2.24) is 0 Å². The highest BCUT2D eigenvalue weighted by Gasteiger charge is 2.07. The Hall–Kier alpha value is -3.80. The first kappa shape index (κ1) is 22.9. The minimum atomic E-state index is -0.170. The molecule has 0 unspecified atom stereocenters. The molecule has 0 aliphatic carbocycles. The van der Waals surface area contributed by atoms with Crippen LogP contribution in [0.2, 0.25) is 0 Å². The molecule has 0 aromatic heterocycles. The first-order valence-corrected chi connectivity index (χ1v) is 10.8. The van der Waals surface area contributed by atoms with Gasteiger partial charge in [0.05, 0.1) is 13.2 Å². The molecule has 0 saturated heterocycles. The van der Waals surface area contributed by atoms with Gasteiger partial charge in [0.2, 0.25) is 5.91 Å². The molecule has 0 fully saturated rings. The van der Waals surface area contributed by atoms with Gasteiger partial charge in [-0.15, -0.1) is 0 Å². The first-order valence-electron chi connectivity index (χ1n) is 10.8. The van der Waals surface area contributed by atoms with Crippen molar-refractivity contribution in [3.8, 4) is 5.75 Å². The van der Waals surface area contributed by atoms with E-state index in [-0.39, 0.29) is 18.4 Å². The number of unbranched alkanes of at least 4 members (excludes halogenated alkanes) is 1. The fourth-order valence-corrected chi connectivity index (χ4v) is 3.02. The van der Waals surface area contributed by atoms with Crippen LogP contribution in [0.3, 0.4) is 0 Å². The number of rotatable bonds is 10.